The van der Waals surface area contributed by atoms with Crippen molar-refractivity contribution in [3.63, 3.8) is 0 Å². The molecule has 0 radical (unpaired) electrons. The maximum absolute atomic E-state index is 13.2. The van der Waals surface area contributed by atoms with Crippen molar-refractivity contribution < 1.29 is 13.9 Å². The summed E-state index contributed by atoms with van der Waals surface area (Å²) in [6.45, 7) is 7.66. The number of hydrogen-bond acceptors (Lipinski definition) is 3. The molecule has 1 fully saturated rings. The molecule has 1 amide bonds. The van der Waals surface area contributed by atoms with Crippen molar-refractivity contribution in [3.8, 4) is 0 Å². The molecule has 0 saturated carbocycles. The Hall–Kier alpha value is -1.46. The predicted octanol–water partition coefficient (Wildman–Crippen LogP) is 2.28. The molecule has 22 heavy (non-hydrogen) atoms. The second-order valence-electron chi connectivity index (χ2n) is 6.22. The molecule has 0 N–H and O–H groups in total. The molecule has 1 aliphatic heterocycles. The Morgan fingerprint density at radius 3 is 2.64 bits per heavy atom. The SMILES string of the molecule is CC1CN(C(=O)C(C)N(C)Cc2cccc(F)c2)CC(C)O1. The highest BCUT2D eigenvalue weighted by molar-refractivity contribution is 5.81. The lowest BCUT2D eigenvalue weighted by molar-refractivity contribution is -0.147. The Balaban J connectivity index is 1.97. The zero-order chi connectivity index (χ0) is 16.3. The van der Waals surface area contributed by atoms with Crippen molar-refractivity contribution in [2.75, 3.05) is 20.1 Å². The minimum atomic E-state index is -0.249. The van der Waals surface area contributed by atoms with Crippen LogP contribution in [-0.2, 0) is 16.1 Å². The normalized spacial score (nSPS) is 23.6. The molecule has 5 heteroatoms. The number of likely N-dealkylation sites (N-methyl/N-ethyl adjacent to an activating group) is 1. The Bertz CT molecular complexity index is 513. The zero-order valence-corrected chi connectivity index (χ0v) is 13.8. The first kappa shape index (κ1) is 16.9. The van der Waals surface area contributed by atoms with Crippen LogP contribution in [0.15, 0.2) is 24.3 Å². The topological polar surface area (TPSA) is 32.8 Å². The van der Waals surface area contributed by atoms with Gasteiger partial charge in [0.15, 0.2) is 0 Å². The van der Waals surface area contributed by atoms with Gasteiger partial charge in [-0.25, -0.2) is 4.39 Å². The van der Waals surface area contributed by atoms with Crippen LogP contribution in [0, 0.1) is 5.82 Å². The molecular formula is C17H25FN2O2. The van der Waals surface area contributed by atoms with Crippen LogP contribution in [0.2, 0.25) is 0 Å². The van der Waals surface area contributed by atoms with Crippen LogP contribution in [0.5, 0.6) is 0 Å². The maximum Gasteiger partial charge on any atom is 0.239 e. The number of hydrogen-bond donors (Lipinski definition) is 0. The molecule has 122 valence electrons. The van der Waals surface area contributed by atoms with E-state index in [2.05, 4.69) is 0 Å². The molecular weight excluding hydrogens is 283 g/mol. The summed E-state index contributed by atoms with van der Waals surface area (Å²) in [7, 11) is 1.89. The fraction of sp³-hybridized carbons (Fsp3) is 0.588. The lowest BCUT2D eigenvalue weighted by Gasteiger charge is -2.38. The number of benzene rings is 1. The van der Waals surface area contributed by atoms with Gasteiger partial charge in [0, 0.05) is 19.6 Å². The van der Waals surface area contributed by atoms with Crippen LogP contribution in [0.3, 0.4) is 0 Å². The quantitative estimate of drug-likeness (QED) is 0.855. The highest BCUT2D eigenvalue weighted by Gasteiger charge is 2.30. The molecule has 0 bridgehead atoms. The van der Waals surface area contributed by atoms with Crippen molar-refractivity contribution in [2.45, 2.75) is 45.6 Å². The van der Waals surface area contributed by atoms with Gasteiger partial charge >= 0.3 is 0 Å². The second kappa shape index (κ2) is 7.20. The van der Waals surface area contributed by atoms with Gasteiger partial charge < -0.3 is 9.64 Å². The van der Waals surface area contributed by atoms with E-state index in [1.165, 1.54) is 12.1 Å². The van der Waals surface area contributed by atoms with Crippen molar-refractivity contribution in [1.29, 1.82) is 0 Å². The molecule has 4 nitrogen and oxygen atoms in total. The highest BCUT2D eigenvalue weighted by Crippen LogP contribution is 2.15. The van der Waals surface area contributed by atoms with Gasteiger partial charge in [0.05, 0.1) is 18.2 Å². The van der Waals surface area contributed by atoms with E-state index in [4.69, 9.17) is 4.74 Å². The van der Waals surface area contributed by atoms with Gasteiger partial charge in [0.2, 0.25) is 5.91 Å². The summed E-state index contributed by atoms with van der Waals surface area (Å²) in [5, 5.41) is 0. The fourth-order valence-corrected chi connectivity index (χ4v) is 2.87. The third-order valence-corrected chi connectivity index (χ3v) is 4.07. The summed E-state index contributed by atoms with van der Waals surface area (Å²) in [5.74, 6) is -0.151. The number of nitrogens with zero attached hydrogens (tertiary/aromatic N) is 2. The third-order valence-electron chi connectivity index (χ3n) is 4.07. The Morgan fingerprint density at radius 1 is 1.41 bits per heavy atom. The summed E-state index contributed by atoms with van der Waals surface area (Å²) >= 11 is 0. The Morgan fingerprint density at radius 2 is 2.05 bits per heavy atom. The van der Waals surface area contributed by atoms with Crippen molar-refractivity contribution in [2.24, 2.45) is 0 Å². The smallest absolute Gasteiger partial charge is 0.239 e. The zero-order valence-electron chi connectivity index (χ0n) is 13.8. The van der Waals surface area contributed by atoms with Gasteiger partial charge in [-0.2, -0.15) is 0 Å². The van der Waals surface area contributed by atoms with Crippen LogP contribution in [0.25, 0.3) is 0 Å². The van der Waals surface area contributed by atoms with E-state index in [-0.39, 0.29) is 30.0 Å². The number of morpholine rings is 1. The second-order valence-corrected chi connectivity index (χ2v) is 6.22. The van der Waals surface area contributed by atoms with Crippen molar-refractivity contribution >= 4 is 5.91 Å². The first-order valence-electron chi connectivity index (χ1n) is 7.75. The van der Waals surface area contributed by atoms with Crippen LogP contribution in [-0.4, -0.2) is 54.1 Å². The monoisotopic (exact) mass is 308 g/mol. The van der Waals surface area contributed by atoms with Gasteiger partial charge in [-0.1, -0.05) is 12.1 Å². The van der Waals surface area contributed by atoms with Gasteiger partial charge in [0.1, 0.15) is 5.82 Å². The molecule has 3 atom stereocenters. The van der Waals surface area contributed by atoms with E-state index in [0.717, 1.165) is 5.56 Å². The number of amides is 1. The molecule has 0 aliphatic carbocycles. The molecule has 2 rings (SSSR count). The van der Waals surface area contributed by atoms with E-state index in [9.17, 15) is 9.18 Å². The average molecular weight is 308 g/mol. The molecule has 3 unspecified atom stereocenters. The van der Waals surface area contributed by atoms with Crippen molar-refractivity contribution in [1.82, 2.24) is 9.80 Å². The van der Waals surface area contributed by atoms with Gasteiger partial charge in [0.25, 0.3) is 0 Å². The Kier molecular flexibility index (Phi) is 5.53. The van der Waals surface area contributed by atoms with E-state index < -0.39 is 0 Å². The number of rotatable bonds is 4. The first-order valence-corrected chi connectivity index (χ1v) is 7.75. The third kappa shape index (κ3) is 4.27. The van der Waals surface area contributed by atoms with E-state index >= 15 is 0 Å². The number of ether oxygens (including phenoxy) is 1. The molecule has 1 aliphatic rings. The standard InChI is InChI=1S/C17H25FN2O2/c1-12-9-20(10-13(2)22-12)17(21)14(3)19(4)11-15-6-5-7-16(18)8-15/h5-8,12-14H,9-11H2,1-4H3. The largest absolute Gasteiger partial charge is 0.372 e. The van der Waals surface area contributed by atoms with E-state index in [1.807, 2.05) is 43.7 Å². The maximum atomic E-state index is 13.2. The summed E-state index contributed by atoms with van der Waals surface area (Å²) < 4.78 is 18.9. The molecule has 1 aromatic carbocycles. The van der Waals surface area contributed by atoms with Crippen LogP contribution >= 0.6 is 0 Å². The average Bonchev–Trinajstić information content (AvgIpc) is 2.44. The lowest BCUT2D eigenvalue weighted by atomic mass is 10.1. The number of carbonyl (C=O) groups excluding carboxylic acids is 1. The van der Waals surface area contributed by atoms with E-state index in [1.54, 1.807) is 6.07 Å². The van der Waals surface area contributed by atoms with Crippen LogP contribution < -0.4 is 0 Å². The van der Waals surface area contributed by atoms with Gasteiger partial charge in [-0.15, -0.1) is 0 Å². The molecule has 0 spiro atoms. The fourth-order valence-electron chi connectivity index (χ4n) is 2.87. The summed E-state index contributed by atoms with van der Waals surface area (Å²) in [6, 6.07) is 6.24. The molecule has 1 heterocycles. The molecule has 1 saturated heterocycles. The predicted molar refractivity (Wildman–Crippen MR) is 83.9 cm³/mol. The summed E-state index contributed by atoms with van der Waals surface area (Å²) in [4.78, 5) is 16.5. The first-order chi connectivity index (χ1) is 10.4. The lowest BCUT2D eigenvalue weighted by Crippen LogP contribution is -2.53. The van der Waals surface area contributed by atoms with Crippen LogP contribution in [0.4, 0.5) is 4.39 Å². The minimum Gasteiger partial charge on any atom is -0.372 e. The van der Waals surface area contributed by atoms with Crippen molar-refractivity contribution in [3.05, 3.63) is 35.6 Å². The highest BCUT2D eigenvalue weighted by atomic mass is 19.1. The molecule has 1 aromatic rings. The Labute approximate surface area is 131 Å². The number of carbonyl (C=O) groups is 1. The van der Waals surface area contributed by atoms with Crippen LogP contribution in [0.1, 0.15) is 26.3 Å². The molecule has 0 aromatic heterocycles. The van der Waals surface area contributed by atoms with Gasteiger partial charge in [-0.3, -0.25) is 9.69 Å². The van der Waals surface area contributed by atoms with E-state index in [0.29, 0.717) is 19.6 Å². The van der Waals surface area contributed by atoms with Gasteiger partial charge in [-0.05, 0) is 45.5 Å². The number of halogens is 1. The minimum absolute atomic E-state index is 0.0634. The summed E-state index contributed by atoms with van der Waals surface area (Å²) in [5.41, 5.74) is 0.867. The summed E-state index contributed by atoms with van der Waals surface area (Å²) in [6.07, 6.45) is 0.127.